The fourth-order valence-corrected chi connectivity index (χ4v) is 1.31. The van der Waals surface area contributed by atoms with Gasteiger partial charge in [-0.1, -0.05) is 13.0 Å². The third-order valence-corrected chi connectivity index (χ3v) is 2.14. The van der Waals surface area contributed by atoms with Gasteiger partial charge in [0, 0.05) is 12.5 Å². The summed E-state index contributed by atoms with van der Waals surface area (Å²) < 4.78 is 0. The first-order valence-corrected chi connectivity index (χ1v) is 4.25. The van der Waals surface area contributed by atoms with Crippen molar-refractivity contribution in [2.75, 3.05) is 0 Å². The highest BCUT2D eigenvalue weighted by Crippen LogP contribution is 2.23. The fourth-order valence-electron chi connectivity index (χ4n) is 1.31. The van der Waals surface area contributed by atoms with Gasteiger partial charge in [-0.15, -0.1) is 0 Å². The molecule has 0 fully saturated rings. The molecule has 1 N–H and O–H groups in total. The minimum atomic E-state index is -0.980. The van der Waals surface area contributed by atoms with Crippen LogP contribution in [0, 0.1) is 5.92 Å². The number of allylic oxidation sites excluding steroid dienone is 3. The van der Waals surface area contributed by atoms with E-state index in [-0.39, 0.29) is 11.7 Å². The summed E-state index contributed by atoms with van der Waals surface area (Å²) in [4.78, 5) is 21.2. The average molecular weight is 180 g/mol. The molecule has 1 rings (SSSR count). The minimum Gasteiger partial charge on any atom is -0.478 e. The van der Waals surface area contributed by atoms with Gasteiger partial charge in [-0.05, 0) is 24.0 Å². The van der Waals surface area contributed by atoms with Gasteiger partial charge in [0.1, 0.15) is 0 Å². The van der Waals surface area contributed by atoms with Crippen molar-refractivity contribution in [1.29, 1.82) is 0 Å². The predicted octanol–water partition coefficient (Wildman–Crippen LogP) is 1.55. The van der Waals surface area contributed by atoms with Crippen LogP contribution in [0.4, 0.5) is 0 Å². The van der Waals surface area contributed by atoms with Crippen molar-refractivity contribution in [2.24, 2.45) is 5.92 Å². The molecule has 70 valence electrons. The molecule has 13 heavy (non-hydrogen) atoms. The molecule has 1 unspecified atom stereocenters. The molecule has 0 aliphatic heterocycles. The Morgan fingerprint density at radius 3 is 3.00 bits per heavy atom. The summed E-state index contributed by atoms with van der Waals surface area (Å²) in [5.41, 5.74) is 0.818. The van der Waals surface area contributed by atoms with Crippen molar-refractivity contribution in [2.45, 2.75) is 19.8 Å². The number of ketones is 1. The summed E-state index contributed by atoms with van der Waals surface area (Å²) in [6.45, 7) is 1.99. The van der Waals surface area contributed by atoms with Crippen LogP contribution in [0.15, 0.2) is 23.8 Å². The highest BCUT2D eigenvalue weighted by molar-refractivity contribution is 5.92. The standard InChI is InChI=1S/C10H12O3/c1-7-2-4-9(11)6-8(7)3-5-10(12)13/h3,5-7H,2,4H2,1H3,(H,12,13)/b5-3+. The van der Waals surface area contributed by atoms with E-state index in [1.165, 1.54) is 12.2 Å². The predicted molar refractivity (Wildman–Crippen MR) is 48.3 cm³/mol. The van der Waals surface area contributed by atoms with Gasteiger partial charge in [-0.25, -0.2) is 4.79 Å². The van der Waals surface area contributed by atoms with Gasteiger partial charge >= 0.3 is 5.97 Å². The summed E-state index contributed by atoms with van der Waals surface area (Å²) >= 11 is 0. The van der Waals surface area contributed by atoms with Gasteiger partial charge in [-0.3, -0.25) is 4.79 Å². The van der Waals surface area contributed by atoms with Crippen LogP contribution in [0.5, 0.6) is 0 Å². The number of hydrogen-bond acceptors (Lipinski definition) is 2. The fraction of sp³-hybridized carbons (Fsp3) is 0.400. The zero-order chi connectivity index (χ0) is 9.84. The Bertz CT molecular complexity index is 287. The Morgan fingerprint density at radius 2 is 2.38 bits per heavy atom. The number of carboxylic acids is 1. The van der Waals surface area contributed by atoms with Crippen LogP contribution in [0.3, 0.4) is 0 Å². The molecule has 3 nitrogen and oxygen atoms in total. The molecule has 0 spiro atoms. The first kappa shape index (κ1) is 9.71. The topological polar surface area (TPSA) is 54.4 Å². The van der Waals surface area contributed by atoms with Crippen LogP contribution in [0.25, 0.3) is 0 Å². The molecule has 0 bridgehead atoms. The van der Waals surface area contributed by atoms with Gasteiger partial charge in [0.25, 0.3) is 0 Å². The monoisotopic (exact) mass is 180 g/mol. The minimum absolute atomic E-state index is 0.0862. The van der Waals surface area contributed by atoms with Gasteiger partial charge in [0.2, 0.25) is 0 Å². The third kappa shape index (κ3) is 2.86. The lowest BCUT2D eigenvalue weighted by atomic mass is 9.88. The molecule has 3 heteroatoms. The Labute approximate surface area is 76.8 Å². The Kier molecular flexibility index (Phi) is 3.01. The Hall–Kier alpha value is -1.38. The first-order valence-electron chi connectivity index (χ1n) is 4.25. The molecule has 0 amide bonds. The van der Waals surface area contributed by atoms with E-state index >= 15 is 0 Å². The lowest BCUT2D eigenvalue weighted by Gasteiger charge is -2.16. The zero-order valence-corrected chi connectivity index (χ0v) is 7.49. The number of rotatable bonds is 2. The summed E-state index contributed by atoms with van der Waals surface area (Å²) in [6, 6.07) is 0. The Morgan fingerprint density at radius 1 is 1.69 bits per heavy atom. The Balaban J connectivity index is 2.76. The average Bonchev–Trinajstić information content (AvgIpc) is 2.06. The van der Waals surface area contributed by atoms with Crippen molar-refractivity contribution in [3.05, 3.63) is 23.8 Å². The molecule has 1 aliphatic carbocycles. The largest absolute Gasteiger partial charge is 0.478 e. The molecule has 0 saturated carbocycles. The van der Waals surface area contributed by atoms with E-state index in [0.717, 1.165) is 18.1 Å². The zero-order valence-electron chi connectivity index (χ0n) is 7.49. The summed E-state index contributed by atoms with van der Waals surface area (Å²) in [5.74, 6) is -0.609. The van der Waals surface area contributed by atoms with Gasteiger partial charge in [0.05, 0.1) is 0 Å². The summed E-state index contributed by atoms with van der Waals surface area (Å²) in [5, 5.41) is 8.40. The number of carbonyl (C=O) groups excluding carboxylic acids is 1. The van der Waals surface area contributed by atoms with Crippen molar-refractivity contribution in [3.8, 4) is 0 Å². The maximum absolute atomic E-state index is 11.0. The smallest absolute Gasteiger partial charge is 0.328 e. The van der Waals surface area contributed by atoms with Crippen molar-refractivity contribution >= 4 is 11.8 Å². The third-order valence-electron chi connectivity index (χ3n) is 2.14. The maximum atomic E-state index is 11.0. The number of carbonyl (C=O) groups is 2. The van der Waals surface area contributed by atoms with E-state index in [1.807, 2.05) is 6.92 Å². The quantitative estimate of drug-likeness (QED) is 0.656. The molecular formula is C10H12O3. The van der Waals surface area contributed by atoms with E-state index in [9.17, 15) is 9.59 Å². The second-order valence-electron chi connectivity index (χ2n) is 3.22. The van der Waals surface area contributed by atoms with Crippen LogP contribution in [0.2, 0.25) is 0 Å². The number of carboxylic acid groups (broad SMARTS) is 1. The highest BCUT2D eigenvalue weighted by Gasteiger charge is 2.15. The van der Waals surface area contributed by atoms with Gasteiger partial charge in [-0.2, -0.15) is 0 Å². The lowest BCUT2D eigenvalue weighted by molar-refractivity contribution is -0.131. The summed E-state index contributed by atoms with van der Waals surface area (Å²) in [7, 11) is 0. The molecule has 0 aromatic rings. The second-order valence-corrected chi connectivity index (χ2v) is 3.22. The van der Waals surface area contributed by atoms with Crippen LogP contribution >= 0.6 is 0 Å². The van der Waals surface area contributed by atoms with E-state index in [4.69, 9.17) is 5.11 Å². The maximum Gasteiger partial charge on any atom is 0.328 e. The molecule has 0 saturated heterocycles. The normalized spacial score (nSPS) is 23.3. The second kappa shape index (κ2) is 4.03. The number of aliphatic carboxylic acids is 1. The molecule has 0 aromatic carbocycles. The first-order chi connectivity index (χ1) is 6.09. The van der Waals surface area contributed by atoms with Crippen LogP contribution in [0.1, 0.15) is 19.8 Å². The van der Waals surface area contributed by atoms with E-state index < -0.39 is 5.97 Å². The van der Waals surface area contributed by atoms with Crippen molar-refractivity contribution < 1.29 is 14.7 Å². The molecule has 0 radical (unpaired) electrons. The van der Waals surface area contributed by atoms with Gasteiger partial charge < -0.3 is 5.11 Å². The van der Waals surface area contributed by atoms with Crippen molar-refractivity contribution in [3.63, 3.8) is 0 Å². The van der Waals surface area contributed by atoms with Gasteiger partial charge in [0.15, 0.2) is 5.78 Å². The highest BCUT2D eigenvalue weighted by atomic mass is 16.4. The van der Waals surface area contributed by atoms with E-state index in [1.54, 1.807) is 0 Å². The van der Waals surface area contributed by atoms with Crippen LogP contribution < -0.4 is 0 Å². The summed E-state index contributed by atoms with van der Waals surface area (Å²) in [6.07, 6.45) is 5.50. The molecule has 0 aromatic heterocycles. The molecule has 1 atom stereocenters. The van der Waals surface area contributed by atoms with Crippen molar-refractivity contribution in [1.82, 2.24) is 0 Å². The van der Waals surface area contributed by atoms with E-state index in [0.29, 0.717) is 6.42 Å². The molecule has 1 aliphatic rings. The molecule has 0 heterocycles. The lowest BCUT2D eigenvalue weighted by Crippen LogP contribution is -2.10. The van der Waals surface area contributed by atoms with Crippen LogP contribution in [-0.4, -0.2) is 16.9 Å². The van der Waals surface area contributed by atoms with Crippen LogP contribution in [-0.2, 0) is 9.59 Å². The SMILES string of the molecule is CC1CCC(=O)C=C1/C=C/C(=O)O. The van der Waals surface area contributed by atoms with E-state index in [2.05, 4.69) is 0 Å². The number of hydrogen-bond donors (Lipinski definition) is 1. The molecular weight excluding hydrogens is 168 g/mol.